The molecule has 1 aromatic carbocycles. The fourth-order valence-electron chi connectivity index (χ4n) is 4.59. The van der Waals surface area contributed by atoms with Gasteiger partial charge in [-0.2, -0.15) is 0 Å². The largest absolute Gasteiger partial charge is 0.443 e. The zero-order valence-electron chi connectivity index (χ0n) is 24.2. The van der Waals surface area contributed by atoms with Gasteiger partial charge in [0, 0.05) is 40.3 Å². The van der Waals surface area contributed by atoms with Gasteiger partial charge in [-0.05, 0) is 57.9 Å². The van der Waals surface area contributed by atoms with Gasteiger partial charge in [0.1, 0.15) is 22.9 Å². The van der Waals surface area contributed by atoms with E-state index in [0.717, 1.165) is 11.6 Å². The molecule has 0 saturated heterocycles. The molecule has 1 aliphatic heterocycles. The number of nitrogens with zero attached hydrogens (tertiary/aromatic N) is 3. The first-order chi connectivity index (χ1) is 17.4. The van der Waals surface area contributed by atoms with E-state index in [9.17, 15) is 9.59 Å². The van der Waals surface area contributed by atoms with Crippen LogP contribution in [0, 0.1) is 11.7 Å². The molecule has 0 unspecified atom stereocenters. The van der Waals surface area contributed by atoms with Crippen LogP contribution in [0.4, 0.5) is 9.18 Å². The Kier molecular flexibility index (Phi) is 8.61. The van der Waals surface area contributed by atoms with Crippen molar-refractivity contribution >= 4 is 43.1 Å². The minimum Gasteiger partial charge on any atom is -0.443 e. The molecule has 0 radical (unpaired) electrons. The summed E-state index contributed by atoms with van der Waals surface area (Å²) in [7, 11) is 2.06. The second-order valence-corrected chi connectivity index (χ2v) is 19.6. The molecule has 0 bridgehead atoms. The Morgan fingerprint density at radius 2 is 1.95 bits per heavy atom. The molecule has 0 aromatic heterocycles. The molecule has 3 rings (SSSR count). The highest BCUT2D eigenvalue weighted by Crippen LogP contribution is 2.67. The predicted octanol–water partition coefficient (Wildman–Crippen LogP) is 6.18. The lowest BCUT2D eigenvalue weighted by molar-refractivity contribution is -0.129. The zero-order valence-corrected chi connectivity index (χ0v) is 26.0. The summed E-state index contributed by atoms with van der Waals surface area (Å²) >= 11 is 1.25. The second-order valence-electron chi connectivity index (χ2n) is 12.7. The van der Waals surface area contributed by atoms with Crippen LogP contribution in [-0.2, 0) is 19.8 Å². The van der Waals surface area contributed by atoms with Gasteiger partial charge in [-0.15, -0.1) is 0 Å². The van der Waals surface area contributed by atoms with Gasteiger partial charge in [0.15, 0.2) is 5.17 Å². The van der Waals surface area contributed by atoms with Crippen LogP contribution in [0.25, 0.3) is 6.08 Å². The summed E-state index contributed by atoms with van der Waals surface area (Å²) in [6.45, 7) is 18.2. The topological polar surface area (TPSA) is 71.4 Å². The average Bonchev–Trinajstić information content (AvgIpc) is 3.53. The molecule has 7 nitrogen and oxygen atoms in total. The zero-order chi connectivity index (χ0) is 28.7. The van der Waals surface area contributed by atoms with E-state index < -0.39 is 35.9 Å². The number of amidine groups is 1. The Bertz CT molecular complexity index is 1130. The molecule has 210 valence electrons. The summed E-state index contributed by atoms with van der Waals surface area (Å²) in [6.07, 6.45) is 1.54. The first-order valence-corrected chi connectivity index (χ1v) is 17.5. The highest BCUT2D eigenvalue weighted by molar-refractivity contribution is 8.16. The first-order valence-electron chi connectivity index (χ1n) is 12.9. The van der Waals surface area contributed by atoms with Crippen LogP contribution in [0.1, 0.15) is 45.2 Å². The van der Waals surface area contributed by atoms with E-state index in [-0.39, 0.29) is 18.6 Å². The Labute approximate surface area is 231 Å². The molecular formula is C28H42FN3O4SSi. The molecule has 1 aliphatic carbocycles. The summed E-state index contributed by atoms with van der Waals surface area (Å²) in [4.78, 5) is 34.9. The minimum absolute atomic E-state index is 0.0760. The summed E-state index contributed by atoms with van der Waals surface area (Å²) in [5.41, 5.74) is -0.717. The number of ether oxygens (including phenoxy) is 2. The number of aliphatic imine (C=N–C) groups is 1. The van der Waals surface area contributed by atoms with Gasteiger partial charge in [0.2, 0.25) is 5.91 Å². The molecule has 10 heteroatoms. The van der Waals surface area contributed by atoms with E-state index in [1.807, 2.05) is 6.92 Å². The number of benzene rings is 1. The van der Waals surface area contributed by atoms with Crippen molar-refractivity contribution in [2.75, 3.05) is 27.4 Å². The van der Waals surface area contributed by atoms with Crippen molar-refractivity contribution in [1.82, 2.24) is 9.80 Å². The van der Waals surface area contributed by atoms with E-state index in [1.165, 1.54) is 22.7 Å². The van der Waals surface area contributed by atoms with Crippen LogP contribution in [-0.4, -0.2) is 72.8 Å². The molecular weight excluding hydrogens is 521 g/mol. The Morgan fingerprint density at radius 3 is 2.50 bits per heavy atom. The minimum atomic E-state index is -1.36. The van der Waals surface area contributed by atoms with Crippen LogP contribution >= 0.6 is 11.8 Å². The molecule has 0 N–H and O–H groups in total. The lowest BCUT2D eigenvalue weighted by Gasteiger charge is -2.38. The van der Waals surface area contributed by atoms with Crippen LogP contribution in [0.2, 0.25) is 25.7 Å². The van der Waals surface area contributed by atoms with E-state index in [0.29, 0.717) is 23.8 Å². The lowest BCUT2D eigenvalue weighted by Crippen LogP contribution is -2.48. The molecule has 38 heavy (non-hydrogen) atoms. The number of hydrogen-bond acceptors (Lipinski definition) is 6. The third kappa shape index (κ3) is 6.51. The fourth-order valence-corrected chi connectivity index (χ4v) is 7.04. The van der Waals surface area contributed by atoms with Crippen LogP contribution in [0.15, 0.2) is 29.8 Å². The van der Waals surface area contributed by atoms with Gasteiger partial charge in [0.25, 0.3) is 0 Å². The van der Waals surface area contributed by atoms with Gasteiger partial charge < -0.3 is 14.4 Å². The van der Waals surface area contributed by atoms with E-state index in [4.69, 9.17) is 14.5 Å². The van der Waals surface area contributed by atoms with Crippen molar-refractivity contribution < 1.29 is 23.5 Å². The smallest absolute Gasteiger partial charge is 0.418 e. The average molecular weight is 564 g/mol. The molecule has 1 saturated carbocycles. The number of carbonyl (C=O) groups is 2. The molecule has 1 heterocycles. The number of thioether (sulfide) groups is 1. The van der Waals surface area contributed by atoms with Gasteiger partial charge in [0.05, 0.1) is 5.54 Å². The summed E-state index contributed by atoms with van der Waals surface area (Å²) < 4.78 is 26.2. The Balaban J connectivity index is 2.10. The third-order valence-electron chi connectivity index (χ3n) is 6.79. The van der Waals surface area contributed by atoms with Crippen molar-refractivity contribution in [2.24, 2.45) is 10.9 Å². The molecule has 3 atom stereocenters. The number of fused-ring (bicyclic) bond motifs is 1. The van der Waals surface area contributed by atoms with Crippen LogP contribution in [0.3, 0.4) is 0 Å². The molecule has 1 aromatic rings. The van der Waals surface area contributed by atoms with E-state index in [1.54, 1.807) is 58.0 Å². The molecule has 2 aliphatic rings. The Hall–Kier alpha value is -2.17. The summed E-state index contributed by atoms with van der Waals surface area (Å²) in [6, 6.07) is 5.71. The maximum Gasteiger partial charge on any atom is 0.418 e. The number of hydrogen-bond donors (Lipinski definition) is 0. The van der Waals surface area contributed by atoms with Crippen LogP contribution < -0.4 is 0 Å². The fraction of sp³-hybridized carbons (Fsp3) is 0.607. The highest BCUT2D eigenvalue weighted by atomic mass is 32.2. The summed E-state index contributed by atoms with van der Waals surface area (Å²) in [5, 5.41) is 0.294. The van der Waals surface area contributed by atoms with Crippen molar-refractivity contribution in [3.8, 4) is 0 Å². The van der Waals surface area contributed by atoms with Crippen LogP contribution in [0.5, 0.6) is 0 Å². The second kappa shape index (κ2) is 10.8. The quantitative estimate of drug-likeness (QED) is 0.215. The van der Waals surface area contributed by atoms with Gasteiger partial charge in [-0.25, -0.2) is 14.1 Å². The highest BCUT2D eigenvalue weighted by Gasteiger charge is 2.71. The monoisotopic (exact) mass is 563 g/mol. The molecule has 2 amide bonds. The van der Waals surface area contributed by atoms with Crippen molar-refractivity contribution in [3.05, 3.63) is 41.7 Å². The number of halogens is 1. The molecule has 0 spiro atoms. The van der Waals surface area contributed by atoms with Crippen molar-refractivity contribution in [3.63, 3.8) is 0 Å². The SMILES string of the molecule is C=Cc1ccc(F)c([C@@]2(C)N=C(N(COCC[Si](C)(C)C)C(=O)OC(C)(C)C)S[C@@]3(C(=O)N(C)C)C[C@H]32)c1. The third-order valence-corrected chi connectivity index (χ3v) is 9.98. The first kappa shape index (κ1) is 30.4. The summed E-state index contributed by atoms with van der Waals surface area (Å²) in [5.74, 6) is -0.752. The van der Waals surface area contributed by atoms with Crippen molar-refractivity contribution in [2.45, 2.75) is 75.7 Å². The van der Waals surface area contributed by atoms with Gasteiger partial charge in [-0.1, -0.05) is 50.1 Å². The molecule has 1 fully saturated rings. The number of carbonyl (C=O) groups excluding carboxylic acids is 2. The van der Waals surface area contributed by atoms with Gasteiger partial charge in [-0.3, -0.25) is 9.79 Å². The maximum atomic E-state index is 15.3. The predicted molar refractivity (Wildman–Crippen MR) is 155 cm³/mol. The Morgan fingerprint density at radius 1 is 1.29 bits per heavy atom. The number of amides is 2. The standard InChI is InChI=1S/C28H42FN3O4SSi/c1-11-19-12-13-21(29)20(16-19)27(5)22-17-28(22,23(33)31(6)7)37-24(30-27)32(25(34)36-26(2,3)4)18-35-14-15-38(8,9)10/h11-13,16,22H,1,14-15,17-18H2,2-10H3/t22-,27+,28-/m0/s1. The maximum absolute atomic E-state index is 15.3. The number of rotatable bonds is 8. The van der Waals surface area contributed by atoms with E-state index in [2.05, 4.69) is 26.2 Å². The van der Waals surface area contributed by atoms with E-state index >= 15 is 4.39 Å². The van der Waals surface area contributed by atoms with Crippen molar-refractivity contribution in [1.29, 1.82) is 0 Å². The normalized spacial score (nSPS) is 24.7. The lowest BCUT2D eigenvalue weighted by atomic mass is 9.84. The van der Waals surface area contributed by atoms with Gasteiger partial charge >= 0.3 is 6.09 Å².